The monoisotopic (exact) mass is 373 g/mol. The molecule has 0 spiro atoms. The molecule has 0 saturated heterocycles. The van der Waals surface area contributed by atoms with Gasteiger partial charge < -0.3 is 0 Å². The average Bonchev–Trinajstić information content (AvgIpc) is 2.77. The number of rotatable bonds is 6. The van der Waals surface area contributed by atoms with E-state index in [4.69, 9.17) is 11.6 Å². The van der Waals surface area contributed by atoms with Crippen LogP contribution in [0.2, 0.25) is 5.02 Å². The van der Waals surface area contributed by atoms with E-state index in [1.807, 2.05) is 0 Å². The van der Waals surface area contributed by atoms with Crippen LogP contribution in [0.5, 0.6) is 0 Å². The molecule has 5 nitrogen and oxygen atoms in total. The van der Waals surface area contributed by atoms with Crippen molar-refractivity contribution in [1.82, 2.24) is 14.1 Å². The third-order valence-corrected chi connectivity index (χ3v) is 6.61. The van der Waals surface area contributed by atoms with Gasteiger partial charge >= 0.3 is 0 Å². The van der Waals surface area contributed by atoms with E-state index in [0.717, 1.165) is 0 Å². The van der Waals surface area contributed by atoms with Gasteiger partial charge in [-0.05, 0) is 31.5 Å². The molecule has 1 aromatic carbocycles. The molecule has 0 atom stereocenters. The van der Waals surface area contributed by atoms with Crippen LogP contribution in [0.3, 0.4) is 0 Å². The molecule has 0 saturated carbocycles. The predicted octanol–water partition coefficient (Wildman–Crippen LogP) is 3.37. The minimum atomic E-state index is -3.59. The van der Waals surface area contributed by atoms with E-state index in [9.17, 15) is 12.8 Å². The molecule has 0 aliphatic carbocycles. The molecule has 0 fully saturated rings. The van der Waals surface area contributed by atoms with Crippen LogP contribution in [-0.4, -0.2) is 35.6 Å². The van der Waals surface area contributed by atoms with Crippen LogP contribution in [0.25, 0.3) is 0 Å². The molecule has 0 aliphatic heterocycles. The van der Waals surface area contributed by atoms with Crippen molar-refractivity contribution < 1.29 is 12.8 Å². The molecule has 0 N–H and O–H groups in total. The summed E-state index contributed by atoms with van der Waals surface area (Å²) in [5.41, 5.74) is 1.66. The number of benzene rings is 1. The SMILES string of the molecule is CCN(CC)S(=O)(=O)c1c(C)nn(Cc2ccc(F)cc2Cl)c1C. The van der Waals surface area contributed by atoms with Gasteiger partial charge in [0.2, 0.25) is 10.0 Å². The van der Waals surface area contributed by atoms with Crippen LogP contribution in [0.15, 0.2) is 23.1 Å². The molecule has 2 rings (SSSR count). The fourth-order valence-electron chi connectivity index (χ4n) is 2.71. The van der Waals surface area contributed by atoms with Gasteiger partial charge in [-0.1, -0.05) is 31.5 Å². The minimum absolute atomic E-state index is 0.226. The van der Waals surface area contributed by atoms with Crippen LogP contribution >= 0.6 is 11.6 Å². The van der Waals surface area contributed by atoms with Gasteiger partial charge in [-0.2, -0.15) is 9.40 Å². The lowest BCUT2D eigenvalue weighted by Gasteiger charge is -2.18. The molecule has 2 aromatic rings. The second-order valence-electron chi connectivity index (χ2n) is 5.48. The maximum atomic E-state index is 13.2. The molecule has 0 unspecified atom stereocenters. The summed E-state index contributed by atoms with van der Waals surface area (Å²) in [7, 11) is -3.59. The summed E-state index contributed by atoms with van der Waals surface area (Å²) in [4.78, 5) is 0.226. The lowest BCUT2D eigenvalue weighted by Crippen LogP contribution is -2.31. The molecule has 24 heavy (non-hydrogen) atoms. The smallest absolute Gasteiger partial charge is 0.246 e. The maximum absolute atomic E-state index is 13.2. The molecule has 132 valence electrons. The van der Waals surface area contributed by atoms with E-state index in [-0.39, 0.29) is 16.5 Å². The number of aromatic nitrogens is 2. The Hall–Kier alpha value is -1.44. The number of aryl methyl sites for hydroxylation is 1. The van der Waals surface area contributed by atoms with Gasteiger partial charge in [0.1, 0.15) is 10.7 Å². The van der Waals surface area contributed by atoms with Gasteiger partial charge in [0, 0.05) is 18.1 Å². The summed E-state index contributed by atoms with van der Waals surface area (Å²) >= 11 is 6.06. The molecule has 0 aliphatic rings. The first kappa shape index (κ1) is 18.9. The fraction of sp³-hybridized carbons (Fsp3) is 0.438. The Morgan fingerprint density at radius 2 is 1.88 bits per heavy atom. The zero-order valence-electron chi connectivity index (χ0n) is 14.2. The normalized spacial score (nSPS) is 12.1. The highest BCUT2D eigenvalue weighted by molar-refractivity contribution is 7.89. The maximum Gasteiger partial charge on any atom is 0.246 e. The number of halogens is 2. The summed E-state index contributed by atoms with van der Waals surface area (Å²) in [5, 5.41) is 4.63. The first-order valence-corrected chi connectivity index (χ1v) is 9.52. The Kier molecular flexibility index (Phi) is 5.67. The van der Waals surface area contributed by atoms with Crippen molar-refractivity contribution in [3.8, 4) is 0 Å². The predicted molar refractivity (Wildman–Crippen MR) is 92.3 cm³/mol. The molecule has 0 radical (unpaired) electrons. The van der Waals surface area contributed by atoms with Crippen molar-refractivity contribution in [1.29, 1.82) is 0 Å². The van der Waals surface area contributed by atoms with Crippen molar-refractivity contribution in [3.05, 3.63) is 46.0 Å². The van der Waals surface area contributed by atoms with E-state index < -0.39 is 15.8 Å². The highest BCUT2D eigenvalue weighted by atomic mass is 35.5. The van der Waals surface area contributed by atoms with Crippen molar-refractivity contribution in [3.63, 3.8) is 0 Å². The fourth-order valence-corrected chi connectivity index (χ4v) is 4.77. The first-order valence-electron chi connectivity index (χ1n) is 7.70. The molecular weight excluding hydrogens is 353 g/mol. The van der Waals surface area contributed by atoms with Crippen molar-refractivity contribution >= 4 is 21.6 Å². The molecule has 8 heteroatoms. The summed E-state index contributed by atoms with van der Waals surface area (Å²) in [6, 6.07) is 4.13. The topological polar surface area (TPSA) is 55.2 Å². The summed E-state index contributed by atoms with van der Waals surface area (Å²) in [6.07, 6.45) is 0. The highest BCUT2D eigenvalue weighted by Crippen LogP contribution is 2.25. The second-order valence-corrected chi connectivity index (χ2v) is 7.76. The molecular formula is C16H21ClFN3O2S. The van der Waals surface area contributed by atoms with E-state index in [1.54, 1.807) is 38.4 Å². The summed E-state index contributed by atoms with van der Waals surface area (Å²) < 4.78 is 41.8. The van der Waals surface area contributed by atoms with E-state index in [2.05, 4.69) is 5.10 Å². The molecule has 1 aromatic heterocycles. The largest absolute Gasteiger partial charge is 0.264 e. The summed E-state index contributed by atoms with van der Waals surface area (Å²) in [6.45, 7) is 8.06. The Bertz CT molecular complexity index is 845. The lowest BCUT2D eigenvalue weighted by molar-refractivity contribution is 0.444. The second kappa shape index (κ2) is 7.21. The van der Waals surface area contributed by atoms with Crippen LogP contribution in [0, 0.1) is 19.7 Å². The quantitative estimate of drug-likeness (QED) is 0.780. The van der Waals surface area contributed by atoms with Gasteiger partial charge in [0.25, 0.3) is 0 Å². The lowest BCUT2D eigenvalue weighted by atomic mass is 10.2. The van der Waals surface area contributed by atoms with E-state index in [0.29, 0.717) is 30.0 Å². The highest BCUT2D eigenvalue weighted by Gasteiger charge is 2.29. The Morgan fingerprint density at radius 3 is 2.42 bits per heavy atom. The van der Waals surface area contributed by atoms with Crippen LogP contribution < -0.4 is 0 Å². The van der Waals surface area contributed by atoms with Crippen LogP contribution in [0.1, 0.15) is 30.8 Å². The zero-order chi connectivity index (χ0) is 18.1. The first-order chi connectivity index (χ1) is 11.2. The zero-order valence-corrected chi connectivity index (χ0v) is 15.7. The molecule has 1 heterocycles. The number of nitrogens with zero attached hydrogens (tertiary/aromatic N) is 3. The van der Waals surface area contributed by atoms with Crippen molar-refractivity contribution in [2.24, 2.45) is 0 Å². The van der Waals surface area contributed by atoms with Crippen LogP contribution in [-0.2, 0) is 16.6 Å². The Labute approximate surface area is 147 Å². The Morgan fingerprint density at radius 1 is 1.25 bits per heavy atom. The van der Waals surface area contributed by atoms with Crippen molar-refractivity contribution in [2.45, 2.75) is 39.1 Å². The standard InChI is InChI=1S/C16H21ClFN3O2S/c1-5-20(6-2)24(22,23)16-11(3)19-21(12(16)4)10-13-7-8-14(18)9-15(13)17/h7-9H,5-6,10H2,1-4H3. The van der Waals surface area contributed by atoms with E-state index in [1.165, 1.54) is 16.4 Å². The molecule has 0 amide bonds. The third-order valence-electron chi connectivity index (χ3n) is 3.95. The van der Waals surface area contributed by atoms with E-state index >= 15 is 0 Å². The van der Waals surface area contributed by atoms with Gasteiger partial charge in [-0.3, -0.25) is 4.68 Å². The van der Waals surface area contributed by atoms with Crippen molar-refractivity contribution in [2.75, 3.05) is 13.1 Å². The van der Waals surface area contributed by atoms with Gasteiger partial charge in [-0.25, -0.2) is 12.8 Å². The number of hydrogen-bond acceptors (Lipinski definition) is 3. The average molecular weight is 374 g/mol. The Balaban J connectivity index is 2.46. The minimum Gasteiger partial charge on any atom is -0.264 e. The van der Waals surface area contributed by atoms with Gasteiger partial charge in [0.15, 0.2) is 0 Å². The third kappa shape index (κ3) is 3.48. The number of sulfonamides is 1. The van der Waals surface area contributed by atoms with Gasteiger partial charge in [-0.15, -0.1) is 0 Å². The van der Waals surface area contributed by atoms with Crippen LogP contribution in [0.4, 0.5) is 4.39 Å². The van der Waals surface area contributed by atoms with Gasteiger partial charge in [0.05, 0.1) is 17.9 Å². The summed E-state index contributed by atoms with van der Waals surface area (Å²) in [5.74, 6) is -0.415. The molecule has 0 bridgehead atoms. The number of hydrogen-bond donors (Lipinski definition) is 0.